The zero-order valence-electron chi connectivity index (χ0n) is 11.0. The molecule has 0 aromatic heterocycles. The Bertz CT molecular complexity index is 265. The fourth-order valence-corrected chi connectivity index (χ4v) is 3.18. The minimum atomic E-state index is 0.258. The molecule has 0 spiro atoms. The van der Waals surface area contributed by atoms with Crippen molar-refractivity contribution in [2.45, 2.75) is 45.1 Å². The van der Waals surface area contributed by atoms with Gasteiger partial charge in [0.1, 0.15) is 0 Å². The molecule has 96 valence electrons. The van der Waals surface area contributed by atoms with Crippen molar-refractivity contribution in [3.05, 3.63) is 0 Å². The molecule has 2 aliphatic rings. The first-order valence-electron chi connectivity index (χ1n) is 7.15. The van der Waals surface area contributed by atoms with E-state index in [2.05, 4.69) is 23.2 Å². The van der Waals surface area contributed by atoms with Gasteiger partial charge in [0.15, 0.2) is 0 Å². The lowest BCUT2D eigenvalue weighted by Gasteiger charge is -2.23. The zero-order chi connectivity index (χ0) is 12.1. The number of nitrogens with one attached hydrogen (secondary N) is 1. The maximum absolute atomic E-state index is 9.03. The molecule has 3 atom stereocenters. The van der Waals surface area contributed by atoms with Gasteiger partial charge in [-0.3, -0.25) is 0 Å². The first-order chi connectivity index (χ1) is 8.29. The Hall–Kier alpha value is -0.590. The third-order valence-corrected chi connectivity index (χ3v) is 4.18. The van der Waals surface area contributed by atoms with Crippen molar-refractivity contribution < 1.29 is 0 Å². The Morgan fingerprint density at radius 1 is 1.29 bits per heavy atom. The summed E-state index contributed by atoms with van der Waals surface area (Å²) in [6, 6.07) is 2.90. The monoisotopic (exact) mass is 235 g/mol. The lowest BCUT2D eigenvalue weighted by Crippen LogP contribution is -2.38. The Kier molecular flexibility index (Phi) is 4.82. The van der Waals surface area contributed by atoms with Crippen molar-refractivity contribution in [1.29, 1.82) is 5.26 Å². The molecule has 0 amide bonds. The third kappa shape index (κ3) is 3.69. The SMILES string of the molecule is CC(CNC1CCCC1C#N)CN1CCCC1. The summed E-state index contributed by atoms with van der Waals surface area (Å²) in [5.41, 5.74) is 0. The molecular formula is C14H25N3. The van der Waals surface area contributed by atoms with Gasteiger partial charge in [0.2, 0.25) is 0 Å². The summed E-state index contributed by atoms with van der Waals surface area (Å²) in [6.07, 6.45) is 6.25. The van der Waals surface area contributed by atoms with E-state index in [1.54, 1.807) is 0 Å². The molecule has 17 heavy (non-hydrogen) atoms. The Morgan fingerprint density at radius 3 is 2.76 bits per heavy atom. The minimum absolute atomic E-state index is 0.258. The molecule has 0 bridgehead atoms. The van der Waals surface area contributed by atoms with Crippen LogP contribution < -0.4 is 5.32 Å². The van der Waals surface area contributed by atoms with Crippen LogP contribution in [0.2, 0.25) is 0 Å². The fourth-order valence-electron chi connectivity index (χ4n) is 3.18. The van der Waals surface area contributed by atoms with Crippen molar-refractivity contribution in [3.63, 3.8) is 0 Å². The molecule has 0 radical (unpaired) electrons. The van der Waals surface area contributed by atoms with Gasteiger partial charge in [0, 0.05) is 12.6 Å². The highest BCUT2D eigenvalue weighted by Crippen LogP contribution is 2.24. The number of rotatable bonds is 5. The second-order valence-corrected chi connectivity index (χ2v) is 5.79. The van der Waals surface area contributed by atoms with Crippen LogP contribution in [-0.4, -0.2) is 37.1 Å². The highest BCUT2D eigenvalue weighted by molar-refractivity contribution is 4.96. The van der Waals surface area contributed by atoms with Crippen LogP contribution in [0.25, 0.3) is 0 Å². The summed E-state index contributed by atoms with van der Waals surface area (Å²) in [5.74, 6) is 0.960. The molecule has 3 heteroatoms. The Morgan fingerprint density at radius 2 is 2.06 bits per heavy atom. The number of hydrogen-bond acceptors (Lipinski definition) is 3. The second kappa shape index (κ2) is 6.37. The van der Waals surface area contributed by atoms with Gasteiger partial charge in [-0.15, -0.1) is 0 Å². The van der Waals surface area contributed by atoms with E-state index >= 15 is 0 Å². The molecule has 3 unspecified atom stereocenters. The van der Waals surface area contributed by atoms with Crippen molar-refractivity contribution in [1.82, 2.24) is 10.2 Å². The van der Waals surface area contributed by atoms with E-state index in [9.17, 15) is 0 Å². The van der Waals surface area contributed by atoms with Gasteiger partial charge in [-0.2, -0.15) is 5.26 Å². The first kappa shape index (κ1) is 12.9. The van der Waals surface area contributed by atoms with Gasteiger partial charge in [-0.05, 0) is 51.2 Å². The van der Waals surface area contributed by atoms with Gasteiger partial charge in [0.05, 0.1) is 12.0 Å². The molecular weight excluding hydrogens is 210 g/mol. The highest BCUT2D eigenvalue weighted by Gasteiger charge is 2.27. The van der Waals surface area contributed by atoms with E-state index < -0.39 is 0 Å². The Balaban J connectivity index is 1.65. The van der Waals surface area contributed by atoms with E-state index in [1.165, 1.54) is 45.3 Å². The molecule has 1 heterocycles. The average Bonchev–Trinajstić information content (AvgIpc) is 2.96. The third-order valence-electron chi connectivity index (χ3n) is 4.18. The van der Waals surface area contributed by atoms with E-state index in [0.717, 1.165) is 13.0 Å². The van der Waals surface area contributed by atoms with Gasteiger partial charge in [0.25, 0.3) is 0 Å². The van der Waals surface area contributed by atoms with Crippen LogP contribution in [0.15, 0.2) is 0 Å². The van der Waals surface area contributed by atoms with Gasteiger partial charge in [-0.25, -0.2) is 0 Å². The quantitative estimate of drug-likeness (QED) is 0.792. The number of nitrogens with zero attached hydrogens (tertiary/aromatic N) is 2. The summed E-state index contributed by atoms with van der Waals surface area (Å²) in [4.78, 5) is 2.57. The van der Waals surface area contributed by atoms with E-state index in [4.69, 9.17) is 5.26 Å². The van der Waals surface area contributed by atoms with Crippen LogP contribution in [0, 0.1) is 23.2 Å². The van der Waals surface area contributed by atoms with Gasteiger partial charge >= 0.3 is 0 Å². The molecule has 0 aromatic rings. The lowest BCUT2D eigenvalue weighted by atomic mass is 10.0. The van der Waals surface area contributed by atoms with E-state index in [0.29, 0.717) is 12.0 Å². The van der Waals surface area contributed by atoms with Crippen molar-refractivity contribution in [2.24, 2.45) is 11.8 Å². The van der Waals surface area contributed by atoms with Crippen LogP contribution >= 0.6 is 0 Å². The maximum atomic E-state index is 9.03. The van der Waals surface area contributed by atoms with E-state index in [-0.39, 0.29) is 5.92 Å². The number of hydrogen-bond donors (Lipinski definition) is 1. The molecule has 1 saturated heterocycles. The summed E-state index contributed by atoms with van der Waals surface area (Å²) < 4.78 is 0. The predicted molar refractivity (Wildman–Crippen MR) is 69.6 cm³/mol. The zero-order valence-corrected chi connectivity index (χ0v) is 11.0. The number of nitriles is 1. The highest BCUT2D eigenvalue weighted by atomic mass is 15.1. The summed E-state index contributed by atoms with van der Waals surface area (Å²) >= 11 is 0. The standard InChI is InChI=1S/C14H25N3/c1-12(11-17-7-2-3-8-17)10-16-14-6-4-5-13(14)9-15/h12-14,16H,2-8,10-11H2,1H3. The topological polar surface area (TPSA) is 39.1 Å². The van der Waals surface area contributed by atoms with Crippen LogP contribution in [0.5, 0.6) is 0 Å². The molecule has 2 fully saturated rings. The van der Waals surface area contributed by atoms with Crippen LogP contribution in [0.1, 0.15) is 39.0 Å². The van der Waals surface area contributed by atoms with Crippen LogP contribution in [-0.2, 0) is 0 Å². The van der Waals surface area contributed by atoms with Crippen LogP contribution in [0.3, 0.4) is 0 Å². The molecule has 3 nitrogen and oxygen atoms in total. The molecule has 1 saturated carbocycles. The summed E-state index contributed by atoms with van der Waals surface area (Å²) in [7, 11) is 0. The lowest BCUT2D eigenvalue weighted by molar-refractivity contribution is 0.275. The summed E-state index contributed by atoms with van der Waals surface area (Å²) in [6.45, 7) is 7.18. The predicted octanol–water partition coefficient (Wildman–Crippen LogP) is 2.00. The molecule has 1 aliphatic heterocycles. The van der Waals surface area contributed by atoms with Gasteiger partial charge < -0.3 is 10.2 Å². The normalized spacial score (nSPS) is 31.5. The Labute approximate surface area is 105 Å². The van der Waals surface area contributed by atoms with Gasteiger partial charge in [-0.1, -0.05) is 13.3 Å². The van der Waals surface area contributed by atoms with Crippen molar-refractivity contribution >= 4 is 0 Å². The van der Waals surface area contributed by atoms with Crippen molar-refractivity contribution in [3.8, 4) is 6.07 Å². The molecule has 1 N–H and O–H groups in total. The average molecular weight is 235 g/mol. The maximum Gasteiger partial charge on any atom is 0.0672 e. The fraction of sp³-hybridized carbons (Fsp3) is 0.929. The smallest absolute Gasteiger partial charge is 0.0672 e. The van der Waals surface area contributed by atoms with Crippen LogP contribution in [0.4, 0.5) is 0 Å². The first-order valence-corrected chi connectivity index (χ1v) is 7.15. The minimum Gasteiger partial charge on any atom is -0.312 e. The summed E-state index contributed by atoms with van der Waals surface area (Å²) in [5, 5.41) is 12.6. The van der Waals surface area contributed by atoms with E-state index in [1.807, 2.05) is 0 Å². The largest absolute Gasteiger partial charge is 0.312 e. The number of likely N-dealkylation sites (tertiary alicyclic amines) is 1. The molecule has 1 aliphatic carbocycles. The molecule has 0 aromatic carbocycles. The van der Waals surface area contributed by atoms with Crippen molar-refractivity contribution in [2.75, 3.05) is 26.2 Å². The second-order valence-electron chi connectivity index (χ2n) is 5.79. The molecule has 2 rings (SSSR count).